The minimum absolute atomic E-state index is 0.0730. The summed E-state index contributed by atoms with van der Waals surface area (Å²) >= 11 is 5.90. The van der Waals surface area contributed by atoms with Crippen LogP contribution in [0, 0.1) is 0 Å². The highest BCUT2D eigenvalue weighted by atomic mass is 35.5. The third kappa shape index (κ3) is 5.44. The molecule has 5 nitrogen and oxygen atoms in total. The molecule has 0 bridgehead atoms. The molecule has 0 aliphatic carbocycles. The molecule has 0 saturated carbocycles. The third-order valence-electron chi connectivity index (χ3n) is 2.66. The van der Waals surface area contributed by atoms with Gasteiger partial charge in [-0.2, -0.15) is 0 Å². The van der Waals surface area contributed by atoms with E-state index >= 15 is 0 Å². The van der Waals surface area contributed by atoms with Crippen molar-refractivity contribution in [2.45, 2.75) is 26.2 Å². The molecule has 0 aliphatic heterocycles. The Morgan fingerprint density at radius 3 is 2.84 bits per heavy atom. The molecule has 19 heavy (non-hydrogen) atoms. The van der Waals surface area contributed by atoms with E-state index in [-0.39, 0.29) is 17.8 Å². The topological polar surface area (TPSA) is 65.5 Å². The molecular formula is C13H20ClN3O2. The Balaban J connectivity index is 2.62. The van der Waals surface area contributed by atoms with Gasteiger partial charge < -0.3 is 15.3 Å². The van der Waals surface area contributed by atoms with Crippen LogP contribution in [-0.2, 0) is 0 Å². The molecule has 2 amide bonds. The first-order valence-corrected chi connectivity index (χ1v) is 6.84. The zero-order valence-electron chi connectivity index (χ0n) is 11.1. The van der Waals surface area contributed by atoms with Crippen LogP contribution in [0.5, 0.6) is 0 Å². The number of carbonyl (C=O) groups excluding carboxylic acids is 1. The van der Waals surface area contributed by atoms with Gasteiger partial charge in [0.05, 0.1) is 5.69 Å². The monoisotopic (exact) mass is 285 g/mol. The van der Waals surface area contributed by atoms with E-state index in [2.05, 4.69) is 17.2 Å². The second kappa shape index (κ2) is 8.72. The second-order valence-corrected chi connectivity index (χ2v) is 4.55. The first-order valence-electron chi connectivity index (χ1n) is 6.46. The number of pyridine rings is 1. The maximum atomic E-state index is 12.1. The van der Waals surface area contributed by atoms with Crippen LogP contribution in [0.2, 0.25) is 5.15 Å². The summed E-state index contributed by atoms with van der Waals surface area (Å²) in [5.74, 6) is 0. The fourth-order valence-corrected chi connectivity index (χ4v) is 1.77. The maximum Gasteiger partial charge on any atom is 0.321 e. The number of nitrogens with one attached hydrogen (secondary N) is 1. The summed E-state index contributed by atoms with van der Waals surface area (Å²) in [5.41, 5.74) is 0.500. The van der Waals surface area contributed by atoms with E-state index in [1.54, 1.807) is 23.2 Å². The normalized spacial score (nSPS) is 10.3. The number of unbranched alkanes of at least 4 members (excludes halogenated alkanes) is 1. The first-order chi connectivity index (χ1) is 9.19. The van der Waals surface area contributed by atoms with Crippen molar-refractivity contribution in [2.24, 2.45) is 0 Å². The van der Waals surface area contributed by atoms with E-state index in [9.17, 15) is 4.79 Å². The quantitative estimate of drug-likeness (QED) is 0.757. The number of hydrogen-bond acceptors (Lipinski definition) is 3. The van der Waals surface area contributed by atoms with Crippen molar-refractivity contribution in [3.8, 4) is 0 Å². The number of amides is 2. The second-order valence-electron chi connectivity index (χ2n) is 4.19. The molecule has 106 valence electrons. The molecule has 0 fully saturated rings. The molecule has 1 rings (SSSR count). The van der Waals surface area contributed by atoms with E-state index in [1.165, 1.54) is 0 Å². The SMILES string of the molecule is CCCCN(CCCO)C(=O)Nc1cccnc1Cl. The fourth-order valence-electron chi connectivity index (χ4n) is 1.60. The van der Waals surface area contributed by atoms with Crippen LogP contribution in [0.3, 0.4) is 0 Å². The number of urea groups is 1. The van der Waals surface area contributed by atoms with Gasteiger partial charge in [0.25, 0.3) is 0 Å². The molecule has 2 N–H and O–H groups in total. The molecule has 1 aromatic heterocycles. The molecule has 0 saturated heterocycles. The van der Waals surface area contributed by atoms with Crippen LogP contribution in [0.15, 0.2) is 18.3 Å². The first kappa shape index (κ1) is 15.7. The molecule has 6 heteroatoms. The number of rotatable bonds is 7. The van der Waals surface area contributed by atoms with Crippen molar-refractivity contribution >= 4 is 23.3 Å². The standard InChI is InChI=1S/C13H20ClN3O2/c1-2-3-8-17(9-5-10-18)13(19)16-11-6-4-7-15-12(11)14/h4,6-7,18H,2-3,5,8-10H2,1H3,(H,16,19). The molecular weight excluding hydrogens is 266 g/mol. The predicted octanol–water partition coefficient (Wildman–Crippen LogP) is 2.75. The molecule has 0 unspecified atom stereocenters. The molecule has 1 aromatic rings. The van der Waals surface area contributed by atoms with E-state index in [0.717, 1.165) is 12.8 Å². The van der Waals surface area contributed by atoms with Crippen LogP contribution < -0.4 is 5.32 Å². The number of nitrogens with zero attached hydrogens (tertiary/aromatic N) is 2. The van der Waals surface area contributed by atoms with Gasteiger partial charge in [-0.25, -0.2) is 9.78 Å². The maximum absolute atomic E-state index is 12.1. The van der Waals surface area contributed by atoms with Gasteiger partial charge >= 0.3 is 6.03 Å². The molecule has 0 spiro atoms. The predicted molar refractivity (Wildman–Crippen MR) is 76.4 cm³/mol. The summed E-state index contributed by atoms with van der Waals surface area (Å²) in [6.45, 7) is 3.34. The molecule has 0 atom stereocenters. The lowest BCUT2D eigenvalue weighted by Crippen LogP contribution is -2.37. The van der Waals surface area contributed by atoms with Crippen molar-refractivity contribution < 1.29 is 9.90 Å². The van der Waals surface area contributed by atoms with Gasteiger partial charge in [-0.15, -0.1) is 0 Å². The number of anilines is 1. The smallest absolute Gasteiger partial charge is 0.321 e. The Labute approximate surface area is 118 Å². The van der Waals surface area contributed by atoms with E-state index in [4.69, 9.17) is 16.7 Å². The number of carbonyl (C=O) groups is 1. The lowest BCUT2D eigenvalue weighted by Gasteiger charge is -2.22. The van der Waals surface area contributed by atoms with Gasteiger partial charge in [0.15, 0.2) is 5.15 Å². The lowest BCUT2D eigenvalue weighted by molar-refractivity contribution is 0.201. The van der Waals surface area contributed by atoms with Gasteiger partial charge in [0.2, 0.25) is 0 Å². The molecule has 0 aromatic carbocycles. The summed E-state index contributed by atoms with van der Waals surface area (Å²) in [7, 11) is 0. The number of aliphatic hydroxyl groups is 1. The number of hydrogen-bond donors (Lipinski definition) is 2. The highest BCUT2D eigenvalue weighted by Gasteiger charge is 2.14. The van der Waals surface area contributed by atoms with E-state index < -0.39 is 0 Å². The van der Waals surface area contributed by atoms with Crippen molar-refractivity contribution in [2.75, 3.05) is 25.0 Å². The van der Waals surface area contributed by atoms with Gasteiger partial charge in [-0.1, -0.05) is 24.9 Å². The van der Waals surface area contributed by atoms with Gasteiger partial charge in [-0.3, -0.25) is 0 Å². The van der Waals surface area contributed by atoms with E-state index in [1.807, 2.05) is 0 Å². The van der Waals surface area contributed by atoms with Gasteiger partial charge in [-0.05, 0) is 25.0 Å². The zero-order valence-corrected chi connectivity index (χ0v) is 11.9. The van der Waals surface area contributed by atoms with Crippen molar-refractivity contribution in [3.63, 3.8) is 0 Å². The van der Waals surface area contributed by atoms with Crippen LogP contribution in [0.1, 0.15) is 26.2 Å². The van der Waals surface area contributed by atoms with Crippen LogP contribution in [0.4, 0.5) is 10.5 Å². The van der Waals surface area contributed by atoms with Crippen molar-refractivity contribution in [1.29, 1.82) is 0 Å². The minimum Gasteiger partial charge on any atom is -0.396 e. The Morgan fingerprint density at radius 2 is 2.21 bits per heavy atom. The highest BCUT2D eigenvalue weighted by molar-refractivity contribution is 6.32. The van der Waals surface area contributed by atoms with Crippen LogP contribution >= 0.6 is 11.6 Å². The molecule has 1 heterocycles. The largest absolute Gasteiger partial charge is 0.396 e. The van der Waals surface area contributed by atoms with Crippen molar-refractivity contribution in [3.05, 3.63) is 23.5 Å². The van der Waals surface area contributed by atoms with Crippen LogP contribution in [-0.4, -0.2) is 40.7 Å². The number of halogens is 1. The zero-order chi connectivity index (χ0) is 14.1. The Morgan fingerprint density at radius 1 is 1.47 bits per heavy atom. The van der Waals surface area contributed by atoms with E-state index in [0.29, 0.717) is 25.2 Å². The molecule has 0 radical (unpaired) electrons. The molecule has 0 aliphatic rings. The lowest BCUT2D eigenvalue weighted by atomic mass is 10.3. The van der Waals surface area contributed by atoms with Crippen LogP contribution in [0.25, 0.3) is 0 Å². The third-order valence-corrected chi connectivity index (χ3v) is 2.96. The highest BCUT2D eigenvalue weighted by Crippen LogP contribution is 2.18. The summed E-state index contributed by atoms with van der Waals surface area (Å²) in [4.78, 5) is 17.7. The fraction of sp³-hybridized carbons (Fsp3) is 0.538. The Bertz CT molecular complexity index is 393. The average molecular weight is 286 g/mol. The minimum atomic E-state index is -0.211. The summed E-state index contributed by atoms with van der Waals surface area (Å²) < 4.78 is 0. The van der Waals surface area contributed by atoms with Gasteiger partial charge in [0.1, 0.15) is 0 Å². The summed E-state index contributed by atoms with van der Waals surface area (Å²) in [5, 5.41) is 11.9. The Kier molecular flexibility index (Phi) is 7.22. The van der Waals surface area contributed by atoms with Gasteiger partial charge in [0, 0.05) is 25.9 Å². The Hall–Kier alpha value is -1.33. The average Bonchev–Trinajstić information content (AvgIpc) is 2.41. The number of aromatic nitrogens is 1. The summed E-state index contributed by atoms with van der Waals surface area (Å²) in [6.07, 6.45) is 4.08. The summed E-state index contributed by atoms with van der Waals surface area (Å²) in [6, 6.07) is 3.21. The number of aliphatic hydroxyl groups excluding tert-OH is 1. The van der Waals surface area contributed by atoms with Crippen molar-refractivity contribution in [1.82, 2.24) is 9.88 Å².